The second-order valence-corrected chi connectivity index (χ2v) is 6.12. The molecule has 2 N–H and O–H groups in total. The zero-order valence-corrected chi connectivity index (χ0v) is 15.7. The lowest BCUT2D eigenvalue weighted by atomic mass is 10.1. The van der Waals surface area contributed by atoms with Gasteiger partial charge in [-0.3, -0.25) is 4.79 Å². The van der Waals surface area contributed by atoms with Crippen LogP contribution in [0.25, 0.3) is 11.3 Å². The van der Waals surface area contributed by atoms with Crippen molar-refractivity contribution in [1.29, 1.82) is 0 Å². The molecule has 2 aromatic rings. The Morgan fingerprint density at radius 2 is 2.23 bits per heavy atom. The lowest BCUT2D eigenvalue weighted by molar-refractivity contribution is 0.0941. The van der Waals surface area contributed by atoms with Gasteiger partial charge in [0.25, 0.3) is 5.91 Å². The standard InChI is InChI=1S/C17H21FN4O3.ClH/c1-22(2)16-14(17(23)20-11-6-7-19-9-11)15(25-21-16)10-4-5-12(18)13(8-10)24-3;/h4-5,8,11,19H,6-7,9H2,1-3H3,(H,20,23);1H/t11-;/m0./s1. The van der Waals surface area contributed by atoms with E-state index >= 15 is 0 Å². The molecule has 0 unspecified atom stereocenters. The number of anilines is 1. The van der Waals surface area contributed by atoms with Crippen molar-refractivity contribution >= 4 is 24.1 Å². The third-order valence-electron chi connectivity index (χ3n) is 4.13. The van der Waals surface area contributed by atoms with Gasteiger partial charge in [0.05, 0.1) is 7.11 Å². The molecule has 0 radical (unpaired) electrons. The first-order chi connectivity index (χ1) is 12.0. The van der Waals surface area contributed by atoms with E-state index in [9.17, 15) is 9.18 Å². The van der Waals surface area contributed by atoms with Gasteiger partial charge in [0, 0.05) is 32.2 Å². The normalized spacial score (nSPS) is 16.1. The Hall–Kier alpha value is -2.32. The van der Waals surface area contributed by atoms with Crippen molar-refractivity contribution in [3.05, 3.63) is 29.6 Å². The molecule has 7 nitrogen and oxygen atoms in total. The van der Waals surface area contributed by atoms with Crippen molar-refractivity contribution in [1.82, 2.24) is 15.8 Å². The highest BCUT2D eigenvalue weighted by Crippen LogP contribution is 2.33. The van der Waals surface area contributed by atoms with Crippen LogP contribution in [-0.2, 0) is 0 Å². The quantitative estimate of drug-likeness (QED) is 0.821. The largest absolute Gasteiger partial charge is 0.494 e. The first kappa shape index (κ1) is 20.0. The number of carbonyl (C=O) groups excluding carboxylic acids is 1. The fourth-order valence-electron chi connectivity index (χ4n) is 2.83. The van der Waals surface area contributed by atoms with Crippen LogP contribution in [0.2, 0.25) is 0 Å². The van der Waals surface area contributed by atoms with Gasteiger partial charge in [0.2, 0.25) is 0 Å². The van der Waals surface area contributed by atoms with Crippen molar-refractivity contribution in [3.8, 4) is 17.1 Å². The second kappa shape index (κ2) is 8.37. The zero-order chi connectivity index (χ0) is 18.0. The van der Waals surface area contributed by atoms with E-state index in [2.05, 4.69) is 15.8 Å². The van der Waals surface area contributed by atoms with Gasteiger partial charge in [-0.2, -0.15) is 0 Å². The molecule has 0 saturated carbocycles. The predicted molar refractivity (Wildman–Crippen MR) is 98.8 cm³/mol. The summed E-state index contributed by atoms with van der Waals surface area (Å²) >= 11 is 0. The van der Waals surface area contributed by atoms with E-state index in [4.69, 9.17) is 9.26 Å². The lowest BCUT2D eigenvalue weighted by Crippen LogP contribution is -2.36. The molecule has 1 aromatic heterocycles. The Bertz CT molecular complexity index is 775. The molecule has 0 bridgehead atoms. The molecule has 0 aliphatic carbocycles. The Labute approximate surface area is 157 Å². The molecule has 1 amide bonds. The second-order valence-electron chi connectivity index (χ2n) is 6.12. The lowest BCUT2D eigenvalue weighted by Gasteiger charge is -2.14. The van der Waals surface area contributed by atoms with Gasteiger partial charge in [0.1, 0.15) is 5.56 Å². The van der Waals surface area contributed by atoms with Gasteiger partial charge >= 0.3 is 0 Å². The molecule has 9 heteroatoms. The van der Waals surface area contributed by atoms with Crippen LogP contribution in [0.1, 0.15) is 16.8 Å². The van der Waals surface area contributed by atoms with Crippen LogP contribution in [0.15, 0.2) is 22.7 Å². The van der Waals surface area contributed by atoms with Crippen LogP contribution in [0.4, 0.5) is 10.2 Å². The van der Waals surface area contributed by atoms with Crippen LogP contribution < -0.4 is 20.3 Å². The molecule has 1 aliphatic heterocycles. The number of benzene rings is 1. The number of nitrogens with one attached hydrogen (secondary N) is 2. The summed E-state index contributed by atoms with van der Waals surface area (Å²) in [4.78, 5) is 14.5. The van der Waals surface area contributed by atoms with Crippen molar-refractivity contribution in [2.24, 2.45) is 0 Å². The van der Waals surface area contributed by atoms with E-state index in [0.29, 0.717) is 16.9 Å². The summed E-state index contributed by atoms with van der Waals surface area (Å²) in [5.41, 5.74) is 0.846. The number of aromatic nitrogens is 1. The summed E-state index contributed by atoms with van der Waals surface area (Å²) in [5.74, 6) is 0.0254. The van der Waals surface area contributed by atoms with E-state index in [0.717, 1.165) is 19.5 Å². The molecular weight excluding hydrogens is 363 g/mol. The number of nitrogens with zero attached hydrogens (tertiary/aromatic N) is 2. The fraction of sp³-hybridized carbons (Fsp3) is 0.412. The highest BCUT2D eigenvalue weighted by atomic mass is 35.5. The number of methoxy groups -OCH3 is 1. The molecule has 1 aliphatic rings. The van der Waals surface area contributed by atoms with Gasteiger partial charge < -0.3 is 24.8 Å². The Kier molecular flexibility index (Phi) is 6.44. The summed E-state index contributed by atoms with van der Waals surface area (Å²) in [7, 11) is 4.94. The molecule has 0 spiro atoms. The number of hydrogen-bond acceptors (Lipinski definition) is 6. The van der Waals surface area contributed by atoms with Gasteiger partial charge in [0.15, 0.2) is 23.1 Å². The molecule has 1 saturated heterocycles. The van der Waals surface area contributed by atoms with E-state index in [-0.39, 0.29) is 35.9 Å². The number of hydrogen-bond donors (Lipinski definition) is 2. The van der Waals surface area contributed by atoms with E-state index < -0.39 is 5.82 Å². The van der Waals surface area contributed by atoms with Gasteiger partial charge in [-0.25, -0.2) is 4.39 Å². The average molecular weight is 385 g/mol. The zero-order valence-electron chi connectivity index (χ0n) is 14.8. The van der Waals surface area contributed by atoms with Crippen LogP contribution in [-0.4, -0.2) is 51.4 Å². The first-order valence-electron chi connectivity index (χ1n) is 8.03. The Morgan fingerprint density at radius 1 is 1.46 bits per heavy atom. The Balaban J connectivity index is 0.00000243. The predicted octanol–water partition coefficient (Wildman–Crippen LogP) is 2.07. The van der Waals surface area contributed by atoms with Crippen LogP contribution in [0.5, 0.6) is 5.75 Å². The number of carbonyl (C=O) groups is 1. The van der Waals surface area contributed by atoms with Gasteiger partial charge in [-0.15, -0.1) is 12.4 Å². The molecule has 142 valence electrons. The number of rotatable bonds is 5. The van der Waals surface area contributed by atoms with E-state index in [1.807, 2.05) is 0 Å². The number of amides is 1. The van der Waals surface area contributed by atoms with Crippen LogP contribution in [0.3, 0.4) is 0 Å². The summed E-state index contributed by atoms with van der Waals surface area (Å²) in [6, 6.07) is 4.36. The maximum absolute atomic E-state index is 13.7. The van der Waals surface area contributed by atoms with Crippen molar-refractivity contribution in [2.75, 3.05) is 39.2 Å². The third kappa shape index (κ3) is 3.91. The average Bonchev–Trinajstić information content (AvgIpc) is 3.24. The maximum atomic E-state index is 13.7. The molecule has 2 heterocycles. The summed E-state index contributed by atoms with van der Waals surface area (Å²) in [5, 5.41) is 10.2. The van der Waals surface area contributed by atoms with Crippen molar-refractivity contribution in [2.45, 2.75) is 12.5 Å². The van der Waals surface area contributed by atoms with Crippen molar-refractivity contribution < 1.29 is 18.4 Å². The molecule has 26 heavy (non-hydrogen) atoms. The topological polar surface area (TPSA) is 79.6 Å². The summed E-state index contributed by atoms with van der Waals surface area (Å²) < 4.78 is 24.1. The molecule has 1 atom stereocenters. The Morgan fingerprint density at radius 3 is 2.85 bits per heavy atom. The molecule has 3 rings (SSSR count). The van der Waals surface area contributed by atoms with Crippen molar-refractivity contribution in [3.63, 3.8) is 0 Å². The molecular formula is C17H22ClFN4O3. The minimum atomic E-state index is -0.485. The third-order valence-corrected chi connectivity index (χ3v) is 4.13. The minimum Gasteiger partial charge on any atom is -0.494 e. The summed E-state index contributed by atoms with van der Waals surface area (Å²) in [6.07, 6.45) is 0.869. The number of ether oxygens (including phenoxy) is 1. The first-order valence-corrected chi connectivity index (χ1v) is 8.03. The van der Waals surface area contributed by atoms with Crippen LogP contribution in [0, 0.1) is 5.82 Å². The highest BCUT2D eigenvalue weighted by Gasteiger charge is 2.28. The smallest absolute Gasteiger partial charge is 0.259 e. The van der Waals surface area contributed by atoms with E-state index in [1.165, 1.54) is 25.3 Å². The summed E-state index contributed by atoms with van der Waals surface area (Å²) in [6.45, 7) is 1.60. The van der Waals surface area contributed by atoms with E-state index in [1.54, 1.807) is 19.0 Å². The SMILES string of the molecule is COc1cc(-c2onc(N(C)C)c2C(=O)N[C@H]2CCNC2)ccc1F.Cl. The fourth-order valence-corrected chi connectivity index (χ4v) is 2.83. The molecule has 1 fully saturated rings. The minimum absolute atomic E-state index is 0. The number of halogens is 2. The molecule has 1 aromatic carbocycles. The maximum Gasteiger partial charge on any atom is 0.259 e. The highest BCUT2D eigenvalue weighted by molar-refractivity contribution is 6.04. The monoisotopic (exact) mass is 384 g/mol. The van der Waals surface area contributed by atoms with Gasteiger partial charge in [-0.05, 0) is 31.2 Å². The van der Waals surface area contributed by atoms with Crippen LogP contribution >= 0.6 is 12.4 Å². The van der Waals surface area contributed by atoms with Gasteiger partial charge in [-0.1, -0.05) is 5.16 Å².